The molecule has 0 radical (unpaired) electrons. The van der Waals surface area contributed by atoms with Crippen molar-refractivity contribution in [2.24, 2.45) is 0 Å². The van der Waals surface area contributed by atoms with Gasteiger partial charge >= 0.3 is 0 Å². The van der Waals surface area contributed by atoms with Gasteiger partial charge in [0.05, 0.1) is 12.3 Å². The largest absolute Gasteiger partial charge is 0.492 e. The van der Waals surface area contributed by atoms with Crippen molar-refractivity contribution in [1.29, 1.82) is 0 Å². The van der Waals surface area contributed by atoms with E-state index in [1.807, 2.05) is 6.92 Å². The van der Waals surface area contributed by atoms with E-state index in [0.29, 0.717) is 23.8 Å². The van der Waals surface area contributed by atoms with Crippen LogP contribution in [0.5, 0.6) is 17.2 Å². The van der Waals surface area contributed by atoms with Crippen LogP contribution in [0.25, 0.3) is 0 Å². The first-order valence-electron chi connectivity index (χ1n) is 5.74. The van der Waals surface area contributed by atoms with Gasteiger partial charge in [0.25, 0.3) is 0 Å². The van der Waals surface area contributed by atoms with Crippen molar-refractivity contribution in [1.82, 2.24) is 0 Å². The van der Waals surface area contributed by atoms with Gasteiger partial charge in [-0.3, -0.25) is 0 Å². The second kappa shape index (κ2) is 5.56. The van der Waals surface area contributed by atoms with Gasteiger partial charge in [0.2, 0.25) is 0 Å². The Morgan fingerprint density at radius 2 is 1.68 bits per heavy atom. The van der Waals surface area contributed by atoms with Gasteiger partial charge in [0.15, 0.2) is 0 Å². The van der Waals surface area contributed by atoms with E-state index in [1.54, 1.807) is 18.2 Å². The van der Waals surface area contributed by atoms with Crippen molar-refractivity contribution in [3.8, 4) is 17.2 Å². The fourth-order valence-electron chi connectivity index (χ4n) is 1.58. The molecule has 0 saturated carbocycles. The van der Waals surface area contributed by atoms with E-state index in [2.05, 4.69) is 0 Å². The highest BCUT2D eigenvalue weighted by atomic mass is 19.1. The highest BCUT2D eigenvalue weighted by Crippen LogP contribution is 2.30. The summed E-state index contributed by atoms with van der Waals surface area (Å²) in [5, 5.41) is 0. The van der Waals surface area contributed by atoms with E-state index in [-0.39, 0.29) is 5.75 Å². The summed E-state index contributed by atoms with van der Waals surface area (Å²) in [4.78, 5) is 0. The predicted octanol–water partition coefficient (Wildman–Crippen LogP) is 3.74. The third-order valence-electron chi connectivity index (χ3n) is 2.36. The number of halogens is 2. The highest BCUT2D eigenvalue weighted by molar-refractivity contribution is 5.56. The van der Waals surface area contributed by atoms with Crippen molar-refractivity contribution >= 4 is 5.69 Å². The van der Waals surface area contributed by atoms with Gasteiger partial charge in [-0.05, 0) is 19.1 Å². The maximum atomic E-state index is 13.0. The van der Waals surface area contributed by atoms with Gasteiger partial charge in [-0.25, -0.2) is 8.78 Å². The average Bonchev–Trinajstić information content (AvgIpc) is 2.32. The summed E-state index contributed by atoms with van der Waals surface area (Å²) in [6.45, 7) is 2.29. The number of hydrogen-bond acceptors (Lipinski definition) is 3. The number of nitrogens with two attached hydrogens (primary N) is 1. The monoisotopic (exact) mass is 265 g/mol. The summed E-state index contributed by atoms with van der Waals surface area (Å²) >= 11 is 0. The molecule has 100 valence electrons. The quantitative estimate of drug-likeness (QED) is 0.856. The molecule has 0 saturated heterocycles. The van der Waals surface area contributed by atoms with E-state index in [9.17, 15) is 8.78 Å². The molecular weight excluding hydrogens is 252 g/mol. The van der Waals surface area contributed by atoms with Crippen LogP contribution in [0.15, 0.2) is 36.4 Å². The SMILES string of the molecule is CCOc1cc(Oc2cc(F)cc(F)c2)ccc1N. The molecule has 3 nitrogen and oxygen atoms in total. The Bertz CT molecular complexity index is 567. The van der Waals surface area contributed by atoms with E-state index >= 15 is 0 Å². The molecule has 5 heteroatoms. The fourth-order valence-corrected chi connectivity index (χ4v) is 1.58. The highest BCUT2D eigenvalue weighted by Gasteiger charge is 2.06. The lowest BCUT2D eigenvalue weighted by Gasteiger charge is -2.10. The zero-order valence-corrected chi connectivity index (χ0v) is 10.3. The van der Waals surface area contributed by atoms with Crippen LogP contribution in [0.4, 0.5) is 14.5 Å². The van der Waals surface area contributed by atoms with Crippen molar-refractivity contribution in [2.45, 2.75) is 6.92 Å². The number of ether oxygens (including phenoxy) is 2. The molecule has 0 spiro atoms. The summed E-state index contributed by atoms with van der Waals surface area (Å²) in [6.07, 6.45) is 0. The summed E-state index contributed by atoms with van der Waals surface area (Å²) in [6, 6.07) is 7.75. The molecule has 2 rings (SSSR count). The second-order valence-electron chi connectivity index (χ2n) is 3.84. The van der Waals surface area contributed by atoms with Crippen molar-refractivity contribution in [2.75, 3.05) is 12.3 Å². The predicted molar refractivity (Wildman–Crippen MR) is 68.5 cm³/mol. The molecule has 0 aliphatic rings. The zero-order valence-electron chi connectivity index (χ0n) is 10.3. The van der Waals surface area contributed by atoms with Crippen LogP contribution < -0.4 is 15.2 Å². The normalized spacial score (nSPS) is 10.3. The average molecular weight is 265 g/mol. The molecule has 0 atom stereocenters. The molecule has 0 heterocycles. The van der Waals surface area contributed by atoms with Crippen LogP contribution >= 0.6 is 0 Å². The minimum atomic E-state index is -0.699. The third kappa shape index (κ3) is 3.34. The molecule has 0 unspecified atom stereocenters. The molecule has 2 aromatic rings. The van der Waals surface area contributed by atoms with E-state index in [0.717, 1.165) is 18.2 Å². The van der Waals surface area contributed by atoms with Gasteiger partial charge in [-0.1, -0.05) is 0 Å². The van der Waals surface area contributed by atoms with E-state index in [4.69, 9.17) is 15.2 Å². The van der Waals surface area contributed by atoms with Gasteiger partial charge in [0, 0.05) is 24.3 Å². The number of nitrogen functional groups attached to an aromatic ring is 1. The second-order valence-corrected chi connectivity index (χ2v) is 3.84. The van der Waals surface area contributed by atoms with Gasteiger partial charge in [-0.2, -0.15) is 0 Å². The first-order chi connectivity index (χ1) is 9.08. The van der Waals surface area contributed by atoms with Crippen LogP contribution in [0.3, 0.4) is 0 Å². The molecule has 0 aliphatic heterocycles. The number of anilines is 1. The Hall–Kier alpha value is -2.30. The lowest BCUT2D eigenvalue weighted by atomic mass is 10.2. The zero-order chi connectivity index (χ0) is 13.8. The molecule has 0 bridgehead atoms. The molecule has 0 fully saturated rings. The number of benzene rings is 2. The van der Waals surface area contributed by atoms with Crippen LogP contribution in [0.2, 0.25) is 0 Å². The van der Waals surface area contributed by atoms with Crippen LogP contribution in [0, 0.1) is 11.6 Å². The Morgan fingerprint density at radius 1 is 1.00 bits per heavy atom. The Labute approximate surface area is 109 Å². The summed E-state index contributed by atoms with van der Waals surface area (Å²) in [7, 11) is 0. The first-order valence-corrected chi connectivity index (χ1v) is 5.74. The first kappa shape index (κ1) is 13.1. The number of hydrogen-bond donors (Lipinski definition) is 1. The maximum Gasteiger partial charge on any atom is 0.145 e. The fraction of sp³-hybridized carbons (Fsp3) is 0.143. The lowest BCUT2D eigenvalue weighted by Crippen LogP contribution is -1.97. The Morgan fingerprint density at radius 3 is 2.32 bits per heavy atom. The molecule has 19 heavy (non-hydrogen) atoms. The minimum Gasteiger partial charge on any atom is -0.492 e. The summed E-state index contributed by atoms with van der Waals surface area (Å²) in [5.41, 5.74) is 6.19. The van der Waals surface area contributed by atoms with Crippen LogP contribution in [0.1, 0.15) is 6.92 Å². The van der Waals surface area contributed by atoms with E-state index in [1.165, 1.54) is 0 Å². The topological polar surface area (TPSA) is 44.5 Å². The minimum absolute atomic E-state index is 0.0738. The molecule has 0 aliphatic carbocycles. The number of rotatable bonds is 4. The Balaban J connectivity index is 2.25. The molecule has 0 aromatic heterocycles. The van der Waals surface area contributed by atoms with Gasteiger partial charge in [0.1, 0.15) is 28.9 Å². The Kier molecular flexibility index (Phi) is 3.85. The molecule has 2 N–H and O–H groups in total. The van der Waals surface area contributed by atoms with Crippen molar-refractivity contribution < 1.29 is 18.3 Å². The lowest BCUT2D eigenvalue weighted by molar-refractivity contribution is 0.340. The molecular formula is C14H13F2NO2. The summed E-state index contributed by atoms with van der Waals surface area (Å²) < 4.78 is 36.7. The van der Waals surface area contributed by atoms with Gasteiger partial charge in [-0.15, -0.1) is 0 Å². The van der Waals surface area contributed by atoms with Crippen molar-refractivity contribution in [3.05, 3.63) is 48.0 Å². The van der Waals surface area contributed by atoms with E-state index < -0.39 is 11.6 Å². The maximum absolute atomic E-state index is 13.0. The van der Waals surface area contributed by atoms with Crippen molar-refractivity contribution in [3.63, 3.8) is 0 Å². The molecule has 2 aromatic carbocycles. The molecule has 0 amide bonds. The van der Waals surface area contributed by atoms with Gasteiger partial charge < -0.3 is 15.2 Å². The standard InChI is InChI=1S/C14H13F2NO2/c1-2-18-14-8-11(3-4-13(14)17)19-12-6-9(15)5-10(16)7-12/h3-8H,2,17H2,1H3. The van der Waals surface area contributed by atoms with Crippen LogP contribution in [-0.4, -0.2) is 6.61 Å². The smallest absolute Gasteiger partial charge is 0.145 e. The summed E-state index contributed by atoms with van der Waals surface area (Å²) in [5.74, 6) is -0.463. The third-order valence-corrected chi connectivity index (χ3v) is 2.36. The van der Waals surface area contributed by atoms with Crippen LogP contribution in [-0.2, 0) is 0 Å².